The summed E-state index contributed by atoms with van der Waals surface area (Å²) < 4.78 is 5.25. The molecule has 0 unspecified atom stereocenters. The fourth-order valence-corrected chi connectivity index (χ4v) is 2.70. The highest BCUT2D eigenvalue weighted by atomic mass is 35.5. The number of halogens is 1. The summed E-state index contributed by atoms with van der Waals surface area (Å²) in [6.07, 6.45) is 0. The number of carbonyl (C=O) groups is 1. The van der Waals surface area contributed by atoms with Gasteiger partial charge in [0.2, 0.25) is 0 Å². The summed E-state index contributed by atoms with van der Waals surface area (Å²) in [7, 11) is 1.57. The number of amides is 1. The second kappa shape index (κ2) is 7.89. The van der Waals surface area contributed by atoms with Crippen LogP contribution in [0.3, 0.4) is 0 Å². The monoisotopic (exact) mass is 368 g/mol. The molecule has 6 heteroatoms. The molecular formula is C20H17ClN2O3. The van der Waals surface area contributed by atoms with Crippen molar-refractivity contribution in [3.05, 3.63) is 87.2 Å². The summed E-state index contributed by atoms with van der Waals surface area (Å²) in [5.74, 6) is 0.236. The summed E-state index contributed by atoms with van der Waals surface area (Å²) in [6, 6.07) is 17.7. The van der Waals surface area contributed by atoms with E-state index in [-0.39, 0.29) is 12.1 Å². The lowest BCUT2D eigenvalue weighted by Crippen LogP contribution is -2.29. The maximum Gasteiger partial charge on any atom is 0.261 e. The van der Waals surface area contributed by atoms with E-state index in [9.17, 15) is 9.59 Å². The van der Waals surface area contributed by atoms with Gasteiger partial charge in [0, 0.05) is 22.8 Å². The molecule has 26 heavy (non-hydrogen) atoms. The summed E-state index contributed by atoms with van der Waals surface area (Å²) >= 11 is 5.87. The van der Waals surface area contributed by atoms with E-state index in [0.29, 0.717) is 16.5 Å². The predicted octanol–water partition coefficient (Wildman–Crippen LogP) is 3.63. The van der Waals surface area contributed by atoms with Crippen LogP contribution in [0.5, 0.6) is 5.75 Å². The maximum atomic E-state index is 12.3. The first-order valence-electron chi connectivity index (χ1n) is 7.98. The minimum atomic E-state index is -0.449. The lowest BCUT2D eigenvalue weighted by Gasteiger charge is -2.09. The lowest BCUT2D eigenvalue weighted by atomic mass is 10.1. The van der Waals surface area contributed by atoms with Crippen molar-refractivity contribution >= 4 is 17.5 Å². The third-order valence-electron chi connectivity index (χ3n) is 3.94. The van der Waals surface area contributed by atoms with Gasteiger partial charge in [-0.3, -0.25) is 9.59 Å². The number of para-hydroxylation sites is 1. The summed E-state index contributed by atoms with van der Waals surface area (Å²) in [6.45, 7) is 0.265. The average molecular weight is 369 g/mol. The van der Waals surface area contributed by atoms with E-state index in [0.717, 1.165) is 11.1 Å². The highest BCUT2D eigenvalue weighted by Crippen LogP contribution is 2.19. The second-order valence-electron chi connectivity index (χ2n) is 5.62. The van der Waals surface area contributed by atoms with Gasteiger partial charge in [-0.25, -0.2) is 0 Å². The fraction of sp³-hybridized carbons (Fsp3) is 0.100. The Bertz CT molecular complexity index is 981. The normalized spacial score (nSPS) is 10.4. The minimum absolute atomic E-state index is 0.0533. The Kier molecular flexibility index (Phi) is 5.39. The minimum Gasteiger partial charge on any atom is -0.496 e. The van der Waals surface area contributed by atoms with Crippen LogP contribution in [-0.4, -0.2) is 18.0 Å². The van der Waals surface area contributed by atoms with Gasteiger partial charge in [0.05, 0.1) is 7.11 Å². The SMILES string of the molecule is COc1ccccc1CNC(=O)c1ccc(-c2ccc(Cl)cc2)[nH]c1=O. The molecule has 0 saturated heterocycles. The van der Waals surface area contributed by atoms with Crippen LogP contribution in [0, 0.1) is 0 Å². The van der Waals surface area contributed by atoms with Crippen molar-refractivity contribution in [2.45, 2.75) is 6.54 Å². The number of nitrogens with one attached hydrogen (secondary N) is 2. The zero-order valence-electron chi connectivity index (χ0n) is 14.1. The molecule has 1 heterocycles. The van der Waals surface area contributed by atoms with Gasteiger partial charge in [0.1, 0.15) is 11.3 Å². The second-order valence-corrected chi connectivity index (χ2v) is 6.05. The molecule has 5 nitrogen and oxygen atoms in total. The predicted molar refractivity (Wildman–Crippen MR) is 102 cm³/mol. The molecule has 0 saturated carbocycles. The molecule has 3 rings (SSSR count). The van der Waals surface area contributed by atoms with E-state index in [1.54, 1.807) is 37.4 Å². The Balaban J connectivity index is 1.76. The van der Waals surface area contributed by atoms with Crippen LogP contribution in [0.25, 0.3) is 11.3 Å². The number of aromatic amines is 1. The van der Waals surface area contributed by atoms with Gasteiger partial charge in [-0.2, -0.15) is 0 Å². The van der Waals surface area contributed by atoms with Crippen LogP contribution in [0.4, 0.5) is 0 Å². The zero-order valence-corrected chi connectivity index (χ0v) is 14.8. The van der Waals surface area contributed by atoms with Crippen LogP contribution in [0.1, 0.15) is 15.9 Å². The smallest absolute Gasteiger partial charge is 0.261 e. The van der Waals surface area contributed by atoms with Crippen molar-refractivity contribution in [1.82, 2.24) is 10.3 Å². The van der Waals surface area contributed by atoms with Gasteiger partial charge >= 0.3 is 0 Å². The molecule has 0 spiro atoms. The first-order chi connectivity index (χ1) is 12.6. The van der Waals surface area contributed by atoms with Crippen molar-refractivity contribution < 1.29 is 9.53 Å². The van der Waals surface area contributed by atoms with E-state index in [1.165, 1.54) is 6.07 Å². The fourth-order valence-electron chi connectivity index (χ4n) is 2.57. The number of ether oxygens (including phenoxy) is 1. The molecule has 3 aromatic rings. The van der Waals surface area contributed by atoms with Gasteiger partial charge in [0.15, 0.2) is 0 Å². The molecule has 0 aliphatic rings. The highest BCUT2D eigenvalue weighted by molar-refractivity contribution is 6.30. The van der Waals surface area contributed by atoms with Crippen molar-refractivity contribution in [3.63, 3.8) is 0 Å². The molecule has 0 bridgehead atoms. The van der Waals surface area contributed by atoms with Gasteiger partial charge in [0.25, 0.3) is 11.5 Å². The van der Waals surface area contributed by atoms with Crippen LogP contribution in [0.2, 0.25) is 5.02 Å². The quantitative estimate of drug-likeness (QED) is 0.722. The number of methoxy groups -OCH3 is 1. The van der Waals surface area contributed by atoms with Crippen LogP contribution in [0.15, 0.2) is 65.5 Å². The molecule has 1 aromatic heterocycles. The largest absolute Gasteiger partial charge is 0.496 e. The molecular weight excluding hydrogens is 352 g/mol. The highest BCUT2D eigenvalue weighted by Gasteiger charge is 2.12. The standard InChI is InChI=1S/C20H17ClN2O3/c1-26-18-5-3-2-4-14(18)12-22-19(24)16-10-11-17(23-20(16)25)13-6-8-15(21)9-7-13/h2-11H,12H2,1H3,(H,22,24)(H,23,25). The average Bonchev–Trinajstić information content (AvgIpc) is 2.66. The third kappa shape index (κ3) is 3.95. The first kappa shape index (κ1) is 17.8. The molecule has 132 valence electrons. The maximum absolute atomic E-state index is 12.3. The summed E-state index contributed by atoms with van der Waals surface area (Å²) in [5, 5.41) is 3.36. The number of pyridine rings is 1. The Morgan fingerprint density at radius 1 is 1.08 bits per heavy atom. The molecule has 0 aliphatic carbocycles. The molecule has 2 aromatic carbocycles. The van der Waals surface area contributed by atoms with Crippen LogP contribution in [-0.2, 0) is 6.54 Å². The van der Waals surface area contributed by atoms with E-state index in [2.05, 4.69) is 10.3 Å². The number of hydrogen-bond donors (Lipinski definition) is 2. The number of hydrogen-bond acceptors (Lipinski definition) is 3. The van der Waals surface area contributed by atoms with E-state index < -0.39 is 11.5 Å². The number of carbonyl (C=O) groups excluding carboxylic acids is 1. The van der Waals surface area contributed by atoms with Gasteiger partial charge < -0.3 is 15.0 Å². The third-order valence-corrected chi connectivity index (χ3v) is 4.19. The van der Waals surface area contributed by atoms with Crippen molar-refractivity contribution in [2.24, 2.45) is 0 Å². The lowest BCUT2D eigenvalue weighted by molar-refractivity contribution is 0.0949. The number of aromatic nitrogens is 1. The number of benzene rings is 2. The van der Waals surface area contributed by atoms with Crippen LogP contribution >= 0.6 is 11.6 Å². The topological polar surface area (TPSA) is 71.2 Å². The first-order valence-corrected chi connectivity index (χ1v) is 8.35. The van der Waals surface area contributed by atoms with E-state index in [1.807, 2.05) is 24.3 Å². The Morgan fingerprint density at radius 3 is 2.50 bits per heavy atom. The van der Waals surface area contributed by atoms with Crippen molar-refractivity contribution in [1.29, 1.82) is 0 Å². The van der Waals surface area contributed by atoms with Gasteiger partial charge in [-0.15, -0.1) is 0 Å². The van der Waals surface area contributed by atoms with Gasteiger partial charge in [-0.05, 0) is 35.9 Å². The summed E-state index contributed by atoms with van der Waals surface area (Å²) in [5.41, 5.74) is 1.87. The Hall–Kier alpha value is -3.05. The molecule has 2 N–H and O–H groups in total. The molecule has 1 amide bonds. The van der Waals surface area contributed by atoms with E-state index >= 15 is 0 Å². The summed E-state index contributed by atoms with van der Waals surface area (Å²) in [4.78, 5) is 27.4. The van der Waals surface area contributed by atoms with E-state index in [4.69, 9.17) is 16.3 Å². The Labute approximate surface area is 155 Å². The Morgan fingerprint density at radius 2 is 1.81 bits per heavy atom. The molecule has 0 aliphatic heterocycles. The zero-order chi connectivity index (χ0) is 18.5. The van der Waals surface area contributed by atoms with Gasteiger partial charge in [-0.1, -0.05) is 41.9 Å². The van der Waals surface area contributed by atoms with Crippen molar-refractivity contribution in [2.75, 3.05) is 7.11 Å². The van der Waals surface area contributed by atoms with Crippen molar-refractivity contribution in [3.8, 4) is 17.0 Å². The van der Waals surface area contributed by atoms with Crippen LogP contribution < -0.4 is 15.6 Å². The number of rotatable bonds is 5. The molecule has 0 atom stereocenters. The molecule has 0 radical (unpaired) electrons. The molecule has 0 fully saturated rings. The number of H-pyrrole nitrogens is 1.